The second kappa shape index (κ2) is 6.53. The standard InChI is InChI=1S/C17H18N4O2/c1-2-23-12-19-16-14(11-18)15-9-6-10-20(15)17(22)21(16)13-7-4-3-5-8-13/h3-5,7-8,12,15H,2,6,9-10H2,1H3/b19-12+. The topological polar surface area (TPSA) is 68.9 Å². The number of carbonyl (C=O) groups is 1. The van der Waals surface area contributed by atoms with E-state index in [2.05, 4.69) is 11.1 Å². The summed E-state index contributed by atoms with van der Waals surface area (Å²) in [6.45, 7) is 3.00. The Bertz CT molecular complexity index is 690. The van der Waals surface area contributed by atoms with Crippen molar-refractivity contribution < 1.29 is 9.53 Å². The van der Waals surface area contributed by atoms with Gasteiger partial charge in [0.25, 0.3) is 0 Å². The van der Waals surface area contributed by atoms with Crippen LogP contribution in [-0.2, 0) is 4.74 Å². The van der Waals surface area contributed by atoms with Crippen LogP contribution in [0.15, 0.2) is 46.7 Å². The first kappa shape index (κ1) is 15.1. The molecule has 0 N–H and O–H groups in total. The number of aliphatic imine (C=N–C) groups is 1. The summed E-state index contributed by atoms with van der Waals surface area (Å²) in [5, 5.41) is 9.63. The molecule has 1 aromatic rings. The molecular formula is C17H18N4O2. The number of nitriles is 1. The summed E-state index contributed by atoms with van der Waals surface area (Å²) in [4.78, 5) is 20.4. The smallest absolute Gasteiger partial charge is 0.330 e. The zero-order valence-electron chi connectivity index (χ0n) is 13.0. The minimum Gasteiger partial charge on any atom is -0.483 e. The van der Waals surface area contributed by atoms with Gasteiger partial charge in [0.05, 0.1) is 23.9 Å². The van der Waals surface area contributed by atoms with Crippen LogP contribution in [0.4, 0.5) is 10.5 Å². The van der Waals surface area contributed by atoms with Gasteiger partial charge < -0.3 is 9.64 Å². The molecule has 0 aromatic heterocycles. The van der Waals surface area contributed by atoms with E-state index < -0.39 is 0 Å². The third-order valence-corrected chi connectivity index (χ3v) is 4.03. The Balaban J connectivity index is 2.12. The quantitative estimate of drug-likeness (QED) is 0.634. The highest BCUT2D eigenvalue weighted by atomic mass is 16.5. The van der Waals surface area contributed by atoms with Gasteiger partial charge >= 0.3 is 6.03 Å². The molecule has 118 valence electrons. The molecule has 23 heavy (non-hydrogen) atoms. The monoisotopic (exact) mass is 310 g/mol. The molecule has 0 bridgehead atoms. The molecule has 6 heteroatoms. The number of carbonyl (C=O) groups excluding carboxylic acids is 1. The number of anilines is 1. The molecule has 2 heterocycles. The highest BCUT2D eigenvalue weighted by Gasteiger charge is 2.42. The van der Waals surface area contributed by atoms with Crippen molar-refractivity contribution in [2.45, 2.75) is 25.8 Å². The van der Waals surface area contributed by atoms with Crippen LogP contribution in [0.5, 0.6) is 0 Å². The zero-order valence-corrected chi connectivity index (χ0v) is 13.0. The number of urea groups is 1. The third-order valence-electron chi connectivity index (χ3n) is 4.03. The lowest BCUT2D eigenvalue weighted by Crippen LogP contribution is -2.50. The van der Waals surface area contributed by atoms with E-state index in [1.54, 1.807) is 4.90 Å². The number of fused-ring (bicyclic) bond motifs is 1. The molecule has 6 nitrogen and oxygen atoms in total. The van der Waals surface area contributed by atoms with Gasteiger partial charge in [0, 0.05) is 6.54 Å². The Morgan fingerprint density at radius 2 is 2.22 bits per heavy atom. The normalized spacial score (nSPS) is 20.9. The molecule has 0 aliphatic carbocycles. The highest BCUT2D eigenvalue weighted by molar-refractivity contribution is 5.98. The number of hydrogen-bond donors (Lipinski definition) is 0. The van der Waals surface area contributed by atoms with Gasteiger partial charge in [-0.1, -0.05) is 18.2 Å². The predicted molar refractivity (Wildman–Crippen MR) is 86.8 cm³/mol. The molecule has 2 aliphatic rings. The third kappa shape index (κ3) is 2.66. The fourth-order valence-electron chi connectivity index (χ4n) is 3.01. The van der Waals surface area contributed by atoms with Crippen molar-refractivity contribution in [2.75, 3.05) is 18.1 Å². The minimum absolute atomic E-state index is 0.138. The Labute approximate surface area is 135 Å². The molecule has 1 saturated heterocycles. The number of benzene rings is 1. The van der Waals surface area contributed by atoms with Crippen molar-refractivity contribution in [1.82, 2.24) is 4.90 Å². The first-order valence-corrected chi connectivity index (χ1v) is 7.72. The lowest BCUT2D eigenvalue weighted by atomic mass is 10.0. The highest BCUT2D eigenvalue weighted by Crippen LogP contribution is 2.36. The van der Waals surface area contributed by atoms with Crippen LogP contribution in [0.1, 0.15) is 19.8 Å². The maximum Gasteiger partial charge on any atom is 0.330 e. The summed E-state index contributed by atoms with van der Waals surface area (Å²) in [7, 11) is 0. The van der Waals surface area contributed by atoms with Gasteiger partial charge in [-0.05, 0) is 31.9 Å². The number of hydrogen-bond acceptors (Lipinski definition) is 4. The van der Waals surface area contributed by atoms with Gasteiger partial charge in [0.1, 0.15) is 6.07 Å². The first-order chi connectivity index (χ1) is 11.3. The summed E-state index contributed by atoms with van der Waals surface area (Å²) in [5.41, 5.74) is 1.21. The van der Waals surface area contributed by atoms with Gasteiger partial charge in [0.15, 0.2) is 12.2 Å². The SMILES string of the molecule is CCO/C=N/C1=C(C#N)C2CCCN2C(=O)N1c1ccccc1. The largest absolute Gasteiger partial charge is 0.483 e. The lowest BCUT2D eigenvalue weighted by molar-refractivity contribution is 0.203. The van der Waals surface area contributed by atoms with E-state index in [-0.39, 0.29) is 12.1 Å². The van der Waals surface area contributed by atoms with E-state index in [4.69, 9.17) is 4.74 Å². The van der Waals surface area contributed by atoms with Gasteiger partial charge in [-0.2, -0.15) is 5.26 Å². The first-order valence-electron chi connectivity index (χ1n) is 7.72. The van der Waals surface area contributed by atoms with E-state index in [0.717, 1.165) is 12.8 Å². The van der Waals surface area contributed by atoms with Crippen LogP contribution in [0.2, 0.25) is 0 Å². The van der Waals surface area contributed by atoms with Crippen molar-refractivity contribution in [2.24, 2.45) is 4.99 Å². The fraction of sp³-hybridized carbons (Fsp3) is 0.353. The van der Waals surface area contributed by atoms with E-state index in [1.165, 1.54) is 11.3 Å². The Hall–Kier alpha value is -2.81. The lowest BCUT2D eigenvalue weighted by Gasteiger charge is -2.37. The van der Waals surface area contributed by atoms with Crippen LogP contribution in [0.25, 0.3) is 0 Å². The van der Waals surface area contributed by atoms with Crippen LogP contribution < -0.4 is 4.90 Å². The Morgan fingerprint density at radius 3 is 2.91 bits per heavy atom. The van der Waals surface area contributed by atoms with Crippen molar-refractivity contribution in [3.05, 3.63) is 41.7 Å². The van der Waals surface area contributed by atoms with Crippen molar-refractivity contribution >= 4 is 18.1 Å². The molecule has 2 aliphatic heterocycles. The molecule has 1 unspecified atom stereocenters. The summed E-state index contributed by atoms with van der Waals surface area (Å²) < 4.78 is 5.17. The molecule has 1 atom stereocenters. The molecule has 2 amide bonds. The molecule has 0 radical (unpaired) electrons. The molecule has 1 aromatic carbocycles. The van der Waals surface area contributed by atoms with Crippen LogP contribution >= 0.6 is 0 Å². The van der Waals surface area contributed by atoms with Crippen LogP contribution in [0.3, 0.4) is 0 Å². The molecule has 3 rings (SSSR count). The van der Waals surface area contributed by atoms with Crippen LogP contribution in [-0.4, -0.2) is 36.5 Å². The van der Waals surface area contributed by atoms with E-state index in [1.807, 2.05) is 37.3 Å². The summed E-state index contributed by atoms with van der Waals surface area (Å²) in [6, 6.07) is 11.2. The second-order valence-electron chi connectivity index (χ2n) is 5.34. The van der Waals surface area contributed by atoms with Crippen molar-refractivity contribution in [3.63, 3.8) is 0 Å². The number of ether oxygens (including phenoxy) is 1. The Kier molecular flexibility index (Phi) is 4.29. The Morgan fingerprint density at radius 1 is 1.43 bits per heavy atom. The molecule has 0 spiro atoms. The number of rotatable bonds is 4. The second-order valence-corrected chi connectivity index (χ2v) is 5.34. The van der Waals surface area contributed by atoms with Gasteiger partial charge in [0.2, 0.25) is 0 Å². The predicted octanol–water partition coefficient (Wildman–Crippen LogP) is 2.89. The number of para-hydroxylation sites is 1. The van der Waals surface area contributed by atoms with Gasteiger partial charge in [-0.3, -0.25) is 0 Å². The maximum absolute atomic E-state index is 12.9. The van der Waals surface area contributed by atoms with E-state index in [0.29, 0.717) is 30.2 Å². The maximum atomic E-state index is 12.9. The van der Waals surface area contributed by atoms with Crippen LogP contribution in [0, 0.1) is 11.3 Å². The molecule has 1 fully saturated rings. The number of nitrogens with zero attached hydrogens (tertiary/aromatic N) is 4. The van der Waals surface area contributed by atoms with E-state index >= 15 is 0 Å². The van der Waals surface area contributed by atoms with Gasteiger partial charge in [-0.25, -0.2) is 14.7 Å². The van der Waals surface area contributed by atoms with E-state index in [9.17, 15) is 10.1 Å². The molecule has 0 saturated carbocycles. The summed E-state index contributed by atoms with van der Waals surface area (Å²) in [5.74, 6) is 0.361. The molecular weight excluding hydrogens is 292 g/mol. The summed E-state index contributed by atoms with van der Waals surface area (Å²) >= 11 is 0. The van der Waals surface area contributed by atoms with Crippen molar-refractivity contribution in [1.29, 1.82) is 5.26 Å². The summed E-state index contributed by atoms with van der Waals surface area (Å²) in [6.07, 6.45) is 3.00. The average molecular weight is 310 g/mol. The number of amides is 2. The van der Waals surface area contributed by atoms with Crippen molar-refractivity contribution in [3.8, 4) is 6.07 Å². The zero-order chi connectivity index (χ0) is 16.2. The fourth-order valence-corrected chi connectivity index (χ4v) is 3.01. The minimum atomic E-state index is -0.179. The van der Waals surface area contributed by atoms with Gasteiger partial charge in [-0.15, -0.1) is 0 Å². The average Bonchev–Trinajstić information content (AvgIpc) is 3.06.